The third kappa shape index (κ3) is 5.58. The number of hydrogen-bond donors (Lipinski definition) is 3. The average Bonchev–Trinajstić information content (AvgIpc) is 3.33. The molecule has 33 heavy (non-hydrogen) atoms. The molecule has 4 N–H and O–H groups in total. The molecule has 0 saturated heterocycles. The second kappa shape index (κ2) is 11.1. The third-order valence-corrected chi connectivity index (χ3v) is 5.92. The Morgan fingerprint density at radius 3 is 2.73 bits per heavy atom. The first kappa shape index (κ1) is 24.4. The number of aliphatic hydroxyl groups excluding tert-OH is 1. The number of fused-ring (bicyclic) bond motifs is 1. The first-order valence-corrected chi connectivity index (χ1v) is 11.7. The zero-order valence-corrected chi connectivity index (χ0v) is 19.9. The number of primary amides is 1. The summed E-state index contributed by atoms with van der Waals surface area (Å²) in [6.45, 7) is 6.53. The van der Waals surface area contributed by atoms with Gasteiger partial charge in [-0.2, -0.15) is 0 Å². The lowest BCUT2D eigenvalue weighted by atomic mass is 10.1. The molecule has 0 fully saturated rings. The Kier molecular flexibility index (Phi) is 8.18. The van der Waals surface area contributed by atoms with E-state index in [1.807, 2.05) is 37.5 Å². The van der Waals surface area contributed by atoms with Gasteiger partial charge in [0.1, 0.15) is 16.1 Å². The highest BCUT2D eigenvalue weighted by Gasteiger charge is 2.22. The second-order valence-electron chi connectivity index (χ2n) is 7.37. The van der Waals surface area contributed by atoms with Crippen LogP contribution in [0, 0.1) is 6.92 Å². The molecule has 0 saturated carbocycles. The number of aromatic nitrogens is 3. The highest BCUT2D eigenvalue weighted by atomic mass is 32.1. The van der Waals surface area contributed by atoms with Crippen LogP contribution in [-0.2, 0) is 13.0 Å². The van der Waals surface area contributed by atoms with E-state index in [2.05, 4.69) is 15.3 Å². The van der Waals surface area contributed by atoms with Crippen LogP contribution in [0.1, 0.15) is 57.4 Å². The number of hydrogen-bond acceptors (Lipinski definition) is 7. The van der Waals surface area contributed by atoms with Crippen LogP contribution in [0.3, 0.4) is 0 Å². The third-order valence-electron chi connectivity index (χ3n) is 4.91. The van der Waals surface area contributed by atoms with Crippen molar-refractivity contribution in [2.45, 2.75) is 46.6 Å². The molecule has 0 atom stereocenters. The summed E-state index contributed by atoms with van der Waals surface area (Å²) >= 11 is 1.34. The van der Waals surface area contributed by atoms with Crippen LogP contribution in [0.15, 0.2) is 24.3 Å². The van der Waals surface area contributed by atoms with Gasteiger partial charge in [-0.15, -0.1) is 11.3 Å². The Labute approximate surface area is 196 Å². The van der Waals surface area contributed by atoms with E-state index >= 15 is 0 Å². The molecule has 0 bridgehead atoms. The van der Waals surface area contributed by atoms with Crippen molar-refractivity contribution in [3.8, 4) is 5.75 Å². The number of carbonyl (C=O) groups excluding carboxylic acids is 2. The average molecular weight is 472 g/mol. The molecule has 0 aliphatic heterocycles. The number of anilines is 1. The van der Waals surface area contributed by atoms with Gasteiger partial charge in [0.2, 0.25) is 11.9 Å². The number of aryl methyl sites for hydroxylation is 2. The molecule has 3 aromatic rings. The van der Waals surface area contributed by atoms with Crippen LogP contribution in [0.25, 0.3) is 11.0 Å². The van der Waals surface area contributed by atoms with Gasteiger partial charge in [-0.25, -0.2) is 9.97 Å². The molecule has 0 radical (unpaired) electrons. The van der Waals surface area contributed by atoms with Crippen LogP contribution in [0.4, 0.5) is 5.95 Å². The Balaban J connectivity index is 2.11. The first-order chi connectivity index (χ1) is 15.9. The highest BCUT2D eigenvalue weighted by molar-refractivity contribution is 7.13. The van der Waals surface area contributed by atoms with E-state index in [-0.39, 0.29) is 24.7 Å². The predicted octanol–water partition coefficient (Wildman–Crippen LogP) is 3.44. The topological polar surface area (TPSA) is 132 Å². The van der Waals surface area contributed by atoms with Gasteiger partial charge >= 0.3 is 0 Å². The van der Waals surface area contributed by atoms with Crippen molar-refractivity contribution in [2.24, 2.45) is 5.73 Å². The Morgan fingerprint density at radius 2 is 2.06 bits per heavy atom. The summed E-state index contributed by atoms with van der Waals surface area (Å²) in [4.78, 5) is 34.5. The zero-order chi connectivity index (χ0) is 24.0. The number of nitrogens with two attached hydrogens (primary N) is 1. The molecule has 0 unspecified atom stereocenters. The maximum absolute atomic E-state index is 13.1. The molecule has 176 valence electrons. The number of nitrogens with one attached hydrogen (secondary N) is 1. The van der Waals surface area contributed by atoms with Gasteiger partial charge in [0.05, 0.1) is 22.8 Å². The summed E-state index contributed by atoms with van der Waals surface area (Å²) in [5.41, 5.74) is 7.60. The van der Waals surface area contributed by atoms with Gasteiger partial charge in [-0.3, -0.25) is 14.9 Å². The van der Waals surface area contributed by atoms with Gasteiger partial charge in [-0.1, -0.05) is 26.0 Å². The second-order valence-corrected chi connectivity index (χ2v) is 8.58. The van der Waals surface area contributed by atoms with Gasteiger partial charge < -0.3 is 20.1 Å². The van der Waals surface area contributed by atoms with E-state index in [0.29, 0.717) is 47.0 Å². The molecular formula is C23H29N5O4S. The van der Waals surface area contributed by atoms with E-state index in [4.69, 9.17) is 15.6 Å². The summed E-state index contributed by atoms with van der Waals surface area (Å²) in [5, 5.41) is 12.9. The normalized spacial score (nSPS) is 11.4. The molecular weight excluding hydrogens is 442 g/mol. The van der Waals surface area contributed by atoms with Crippen molar-refractivity contribution in [2.75, 3.05) is 18.5 Å². The van der Waals surface area contributed by atoms with Crippen LogP contribution in [0.5, 0.6) is 5.75 Å². The van der Waals surface area contributed by atoms with Crippen molar-refractivity contribution in [1.29, 1.82) is 0 Å². The summed E-state index contributed by atoms with van der Waals surface area (Å²) in [5.74, 6) is -0.151. The monoisotopic (exact) mass is 471 g/mol. The molecule has 2 aromatic heterocycles. The van der Waals surface area contributed by atoms with Crippen LogP contribution >= 0.6 is 11.3 Å². The summed E-state index contributed by atoms with van der Waals surface area (Å²) in [6.07, 6.45) is 5.93. The first-order valence-electron chi connectivity index (χ1n) is 10.9. The largest absolute Gasteiger partial charge is 0.491 e. The van der Waals surface area contributed by atoms with Crippen molar-refractivity contribution in [3.63, 3.8) is 0 Å². The molecule has 2 amide bonds. The SMILES string of the molecule is CC/C=C/Cn1c(NC(=O)c2sc(C)nc2CC)nc2cc(C(N)=O)cc(OCCCO)c21. The lowest BCUT2D eigenvalue weighted by molar-refractivity contribution is 0.0997. The van der Waals surface area contributed by atoms with E-state index in [1.54, 1.807) is 12.1 Å². The van der Waals surface area contributed by atoms with Crippen molar-refractivity contribution >= 4 is 40.1 Å². The number of ether oxygens (including phenoxy) is 1. The van der Waals surface area contributed by atoms with E-state index in [0.717, 1.165) is 17.1 Å². The van der Waals surface area contributed by atoms with Crippen LogP contribution in [0.2, 0.25) is 0 Å². The van der Waals surface area contributed by atoms with Gasteiger partial charge in [0, 0.05) is 25.1 Å². The predicted molar refractivity (Wildman–Crippen MR) is 129 cm³/mol. The lowest BCUT2D eigenvalue weighted by Crippen LogP contribution is -2.16. The number of nitrogens with zero attached hydrogens (tertiary/aromatic N) is 3. The fraction of sp³-hybridized carbons (Fsp3) is 0.391. The minimum absolute atomic E-state index is 0.0213. The molecule has 10 heteroatoms. The van der Waals surface area contributed by atoms with Crippen LogP contribution < -0.4 is 15.8 Å². The van der Waals surface area contributed by atoms with Crippen molar-refractivity contribution in [1.82, 2.24) is 14.5 Å². The highest BCUT2D eigenvalue weighted by Crippen LogP contribution is 2.32. The summed E-state index contributed by atoms with van der Waals surface area (Å²) in [6, 6.07) is 3.15. The quantitative estimate of drug-likeness (QED) is 0.290. The Bertz CT molecular complexity index is 1180. The van der Waals surface area contributed by atoms with E-state index in [1.165, 1.54) is 11.3 Å². The molecule has 2 heterocycles. The Morgan fingerprint density at radius 1 is 1.27 bits per heavy atom. The number of aliphatic hydroxyl groups is 1. The molecule has 0 aliphatic rings. The summed E-state index contributed by atoms with van der Waals surface area (Å²) < 4.78 is 7.70. The Hall–Kier alpha value is -3.24. The lowest BCUT2D eigenvalue weighted by Gasteiger charge is -2.12. The molecule has 9 nitrogen and oxygen atoms in total. The molecule has 0 aliphatic carbocycles. The number of thiazole rings is 1. The number of rotatable bonds is 11. The van der Waals surface area contributed by atoms with Crippen molar-refractivity contribution < 1.29 is 19.4 Å². The van der Waals surface area contributed by atoms with Crippen molar-refractivity contribution in [3.05, 3.63) is 45.4 Å². The van der Waals surface area contributed by atoms with E-state index in [9.17, 15) is 9.59 Å². The molecule has 3 rings (SSSR count). The minimum atomic E-state index is -0.609. The maximum atomic E-state index is 13.1. The molecule has 1 aromatic carbocycles. The fourth-order valence-electron chi connectivity index (χ4n) is 3.39. The standard InChI is InChI=1S/C23H29N5O4S/c1-4-6-7-9-28-19-17(12-15(21(24)30)13-18(19)32-11-8-10-29)26-23(28)27-22(31)20-16(5-2)25-14(3)33-20/h6-7,12-13,29H,4-5,8-11H2,1-3H3,(H2,24,30)(H,26,27,31)/b7-6+. The zero-order valence-electron chi connectivity index (χ0n) is 19.1. The smallest absolute Gasteiger partial charge is 0.269 e. The number of carbonyl (C=O) groups is 2. The number of allylic oxidation sites excluding steroid dienone is 2. The molecule has 0 spiro atoms. The number of imidazole rings is 1. The maximum Gasteiger partial charge on any atom is 0.269 e. The fourth-order valence-corrected chi connectivity index (χ4v) is 4.30. The summed E-state index contributed by atoms with van der Waals surface area (Å²) in [7, 11) is 0. The minimum Gasteiger partial charge on any atom is -0.491 e. The van der Waals surface area contributed by atoms with Crippen LogP contribution in [-0.4, -0.2) is 44.7 Å². The number of amides is 2. The number of benzene rings is 1. The van der Waals surface area contributed by atoms with E-state index < -0.39 is 5.91 Å². The van der Waals surface area contributed by atoms with Gasteiger partial charge in [0.15, 0.2) is 0 Å². The van der Waals surface area contributed by atoms with Gasteiger partial charge in [0.25, 0.3) is 5.91 Å². The van der Waals surface area contributed by atoms with Gasteiger partial charge in [-0.05, 0) is 31.9 Å².